The lowest BCUT2D eigenvalue weighted by Crippen LogP contribution is -2.39. The van der Waals surface area contributed by atoms with Gasteiger partial charge in [0.25, 0.3) is 0 Å². The molecule has 4 heteroatoms. The predicted molar refractivity (Wildman–Crippen MR) is 108 cm³/mol. The summed E-state index contributed by atoms with van der Waals surface area (Å²) in [7, 11) is 4.15. The quantitative estimate of drug-likeness (QED) is 0.710. The summed E-state index contributed by atoms with van der Waals surface area (Å²) >= 11 is 0. The average Bonchev–Trinajstić information content (AvgIpc) is 2.59. The lowest BCUT2D eigenvalue weighted by molar-refractivity contribution is -0.0500. The Bertz CT molecular complexity index is 483. The highest BCUT2D eigenvalue weighted by Gasteiger charge is 2.38. The van der Waals surface area contributed by atoms with Crippen LogP contribution in [-0.4, -0.2) is 37.3 Å². The maximum atomic E-state index is 11.6. The van der Waals surface area contributed by atoms with E-state index in [4.69, 9.17) is 4.74 Å². The Morgan fingerprint density at radius 3 is 2.24 bits per heavy atom. The van der Waals surface area contributed by atoms with Crippen LogP contribution in [0.5, 0.6) is 5.75 Å². The molecule has 0 bridgehead atoms. The van der Waals surface area contributed by atoms with Crippen LogP contribution in [0.4, 0.5) is 0 Å². The van der Waals surface area contributed by atoms with Crippen LogP contribution in [0.3, 0.4) is 0 Å². The van der Waals surface area contributed by atoms with Crippen LogP contribution >= 0.6 is 12.4 Å². The first-order valence-corrected chi connectivity index (χ1v) is 9.52. The molecule has 1 aromatic rings. The van der Waals surface area contributed by atoms with Crippen LogP contribution in [0.2, 0.25) is 0 Å². The lowest BCUT2D eigenvalue weighted by Gasteiger charge is -2.40. The van der Waals surface area contributed by atoms with Crippen LogP contribution in [-0.2, 0) is 5.60 Å². The molecule has 1 aliphatic carbocycles. The number of hydrogen-bond acceptors (Lipinski definition) is 3. The van der Waals surface area contributed by atoms with E-state index in [-0.39, 0.29) is 12.4 Å². The van der Waals surface area contributed by atoms with Crippen LogP contribution in [0.25, 0.3) is 0 Å². The van der Waals surface area contributed by atoms with Crippen LogP contribution < -0.4 is 4.74 Å². The fourth-order valence-electron chi connectivity index (χ4n) is 3.66. The molecule has 25 heavy (non-hydrogen) atoms. The summed E-state index contributed by atoms with van der Waals surface area (Å²) in [4.78, 5) is 2.16. The van der Waals surface area contributed by atoms with Gasteiger partial charge in [0.15, 0.2) is 0 Å². The smallest absolute Gasteiger partial charge is 0.119 e. The summed E-state index contributed by atoms with van der Waals surface area (Å²) < 4.78 is 5.79. The minimum atomic E-state index is -0.721. The molecular formula is C21H36ClNO2. The van der Waals surface area contributed by atoms with E-state index in [0.29, 0.717) is 11.8 Å². The Morgan fingerprint density at radius 2 is 1.72 bits per heavy atom. The van der Waals surface area contributed by atoms with Crippen molar-refractivity contribution >= 4 is 12.4 Å². The molecule has 0 aliphatic heterocycles. The standard InChI is InChI=1S/C21H35NO2.ClH/c1-17(2)16-24-20-12-10-19(11-13-20)21(23,14-15-22(3)4)18-8-6-5-7-9-18;/h10-13,17-18,23H,5-9,14-16H2,1-4H3;1H. The Balaban J connectivity index is 0.00000312. The zero-order chi connectivity index (χ0) is 17.6. The van der Waals surface area contributed by atoms with Crippen LogP contribution in [0.15, 0.2) is 24.3 Å². The number of rotatable bonds is 8. The zero-order valence-electron chi connectivity index (χ0n) is 16.3. The zero-order valence-corrected chi connectivity index (χ0v) is 17.1. The Hall–Kier alpha value is -0.770. The largest absolute Gasteiger partial charge is 0.493 e. The third-order valence-electron chi connectivity index (χ3n) is 5.16. The van der Waals surface area contributed by atoms with Gasteiger partial charge in [-0.3, -0.25) is 0 Å². The van der Waals surface area contributed by atoms with Crippen molar-refractivity contribution in [2.45, 2.75) is 58.0 Å². The van der Waals surface area contributed by atoms with Crippen LogP contribution in [0, 0.1) is 11.8 Å². The summed E-state index contributed by atoms with van der Waals surface area (Å²) in [5.74, 6) is 1.78. The van der Waals surface area contributed by atoms with Gasteiger partial charge in [0.1, 0.15) is 5.75 Å². The normalized spacial score (nSPS) is 18.0. The van der Waals surface area contributed by atoms with Crippen molar-refractivity contribution < 1.29 is 9.84 Å². The Morgan fingerprint density at radius 1 is 1.12 bits per heavy atom. The van der Waals surface area contributed by atoms with E-state index in [1.165, 1.54) is 19.3 Å². The molecule has 1 aliphatic rings. The first-order valence-electron chi connectivity index (χ1n) is 9.52. The molecule has 2 rings (SSSR count). The minimum Gasteiger partial charge on any atom is -0.493 e. The SMILES string of the molecule is CC(C)COc1ccc(C(O)(CCN(C)C)C2CCCCC2)cc1.Cl. The van der Waals surface area contributed by atoms with E-state index >= 15 is 0 Å². The van der Waals surface area contributed by atoms with Gasteiger partial charge in [-0.1, -0.05) is 45.2 Å². The number of benzene rings is 1. The second kappa shape index (κ2) is 10.4. The molecule has 0 spiro atoms. The van der Waals surface area contributed by atoms with Gasteiger partial charge in [-0.15, -0.1) is 12.4 Å². The van der Waals surface area contributed by atoms with Gasteiger partial charge in [-0.05, 0) is 62.9 Å². The molecule has 3 nitrogen and oxygen atoms in total. The van der Waals surface area contributed by atoms with E-state index in [2.05, 4.69) is 45.0 Å². The molecule has 1 atom stereocenters. The summed E-state index contributed by atoms with van der Waals surface area (Å²) in [6.45, 7) is 5.93. The first kappa shape index (κ1) is 22.3. The van der Waals surface area contributed by atoms with Gasteiger partial charge in [0.2, 0.25) is 0 Å². The molecule has 0 heterocycles. The summed E-state index contributed by atoms with van der Waals surface area (Å²) in [5, 5.41) is 11.6. The highest BCUT2D eigenvalue weighted by Crippen LogP contribution is 2.42. The summed E-state index contributed by atoms with van der Waals surface area (Å²) in [6.07, 6.45) is 6.85. The molecule has 144 valence electrons. The highest BCUT2D eigenvalue weighted by molar-refractivity contribution is 5.85. The fraction of sp³-hybridized carbons (Fsp3) is 0.714. The molecule has 0 aromatic heterocycles. The maximum Gasteiger partial charge on any atom is 0.119 e. The number of nitrogens with zero attached hydrogens (tertiary/aromatic N) is 1. The molecular weight excluding hydrogens is 334 g/mol. The molecule has 1 saturated carbocycles. The van der Waals surface area contributed by atoms with Crippen molar-refractivity contribution in [3.63, 3.8) is 0 Å². The molecule has 1 aromatic carbocycles. The molecule has 0 radical (unpaired) electrons. The Labute approximate surface area is 160 Å². The maximum absolute atomic E-state index is 11.6. The van der Waals surface area contributed by atoms with E-state index in [1.807, 2.05) is 12.1 Å². The number of halogens is 1. The topological polar surface area (TPSA) is 32.7 Å². The van der Waals surface area contributed by atoms with E-state index in [9.17, 15) is 5.11 Å². The van der Waals surface area contributed by atoms with Crippen molar-refractivity contribution in [1.29, 1.82) is 0 Å². The summed E-state index contributed by atoms with van der Waals surface area (Å²) in [6, 6.07) is 8.17. The minimum absolute atomic E-state index is 0. The van der Waals surface area contributed by atoms with Gasteiger partial charge in [0.05, 0.1) is 12.2 Å². The molecule has 1 N–H and O–H groups in total. The van der Waals surface area contributed by atoms with E-state index in [0.717, 1.165) is 43.7 Å². The first-order chi connectivity index (χ1) is 11.4. The van der Waals surface area contributed by atoms with Crippen molar-refractivity contribution in [3.8, 4) is 5.75 Å². The van der Waals surface area contributed by atoms with E-state index in [1.54, 1.807) is 0 Å². The van der Waals surface area contributed by atoms with Gasteiger partial charge >= 0.3 is 0 Å². The number of ether oxygens (including phenoxy) is 1. The number of hydrogen-bond donors (Lipinski definition) is 1. The molecule has 0 saturated heterocycles. The monoisotopic (exact) mass is 369 g/mol. The molecule has 1 unspecified atom stereocenters. The van der Waals surface area contributed by atoms with Crippen molar-refractivity contribution in [2.24, 2.45) is 11.8 Å². The molecule has 1 fully saturated rings. The van der Waals surface area contributed by atoms with E-state index < -0.39 is 5.60 Å². The van der Waals surface area contributed by atoms with Crippen molar-refractivity contribution in [3.05, 3.63) is 29.8 Å². The third kappa shape index (κ3) is 6.47. The third-order valence-corrected chi connectivity index (χ3v) is 5.16. The average molecular weight is 370 g/mol. The van der Waals surface area contributed by atoms with Crippen LogP contribution in [0.1, 0.15) is 57.9 Å². The van der Waals surface area contributed by atoms with Crippen molar-refractivity contribution in [1.82, 2.24) is 4.90 Å². The molecule has 0 amide bonds. The predicted octanol–water partition coefficient (Wildman–Crippen LogP) is 4.86. The lowest BCUT2D eigenvalue weighted by atomic mass is 9.71. The van der Waals surface area contributed by atoms with Gasteiger partial charge in [-0.25, -0.2) is 0 Å². The Kier molecular flexibility index (Phi) is 9.26. The van der Waals surface area contributed by atoms with Gasteiger partial charge in [-0.2, -0.15) is 0 Å². The highest BCUT2D eigenvalue weighted by atomic mass is 35.5. The second-order valence-corrected chi connectivity index (χ2v) is 8.04. The van der Waals surface area contributed by atoms with Gasteiger partial charge < -0.3 is 14.7 Å². The fourth-order valence-corrected chi connectivity index (χ4v) is 3.66. The second-order valence-electron chi connectivity index (χ2n) is 8.04. The van der Waals surface area contributed by atoms with Crippen molar-refractivity contribution in [2.75, 3.05) is 27.2 Å². The number of aliphatic hydroxyl groups is 1. The van der Waals surface area contributed by atoms with Gasteiger partial charge in [0, 0.05) is 6.54 Å². The summed E-state index contributed by atoms with van der Waals surface area (Å²) in [5.41, 5.74) is 0.328.